The average Bonchev–Trinajstić information content (AvgIpc) is 2.19. The Bertz CT molecular complexity index is 418. The van der Waals surface area contributed by atoms with E-state index in [9.17, 15) is 26.3 Å². The lowest BCUT2D eigenvalue weighted by Gasteiger charge is -2.27. The van der Waals surface area contributed by atoms with Gasteiger partial charge in [-0.15, -0.1) is 0 Å². The first kappa shape index (κ1) is 14.1. The lowest BCUT2D eigenvalue weighted by Crippen LogP contribution is -2.44. The van der Waals surface area contributed by atoms with Crippen molar-refractivity contribution in [3.05, 3.63) is 28.2 Å². The molecule has 0 aliphatic heterocycles. The number of hydrogen-bond donors (Lipinski definition) is 1. The monoisotopic (exact) mass is 322 g/mol. The number of phenols is 1. The Hall–Kier alpha value is -0.920. The van der Waals surface area contributed by atoms with Gasteiger partial charge in [-0.1, -0.05) is 6.07 Å². The Morgan fingerprint density at radius 1 is 1.12 bits per heavy atom. The molecule has 0 aromatic heterocycles. The first-order chi connectivity index (χ1) is 7.60. The van der Waals surface area contributed by atoms with E-state index in [4.69, 9.17) is 5.11 Å². The topological polar surface area (TPSA) is 20.2 Å². The SMILES string of the molecule is Oc1ccc(C(F)(C(F)F)C(F)(F)F)cc1Br. The van der Waals surface area contributed by atoms with Gasteiger partial charge in [-0.25, -0.2) is 13.2 Å². The maximum Gasteiger partial charge on any atom is 0.432 e. The number of rotatable bonds is 2. The van der Waals surface area contributed by atoms with Crippen molar-refractivity contribution < 1.29 is 31.4 Å². The standard InChI is InChI=1S/C9H5BrF6O/c10-5-3-4(1-2-6(5)17)8(13,7(11)12)9(14,15)16/h1-3,7,17H. The summed E-state index contributed by atoms with van der Waals surface area (Å²) in [6, 6.07) is 1.62. The molecule has 0 aliphatic rings. The Kier molecular flexibility index (Phi) is 3.66. The molecule has 1 aromatic rings. The number of aromatic hydroxyl groups is 1. The third-order valence-electron chi connectivity index (χ3n) is 2.08. The Morgan fingerprint density at radius 2 is 1.65 bits per heavy atom. The zero-order valence-electron chi connectivity index (χ0n) is 7.90. The van der Waals surface area contributed by atoms with Crippen LogP contribution in [-0.2, 0) is 5.67 Å². The van der Waals surface area contributed by atoms with E-state index in [1.165, 1.54) is 0 Å². The summed E-state index contributed by atoms with van der Waals surface area (Å²) < 4.78 is 74.9. The number of alkyl halides is 6. The van der Waals surface area contributed by atoms with Crippen molar-refractivity contribution in [3.63, 3.8) is 0 Å². The smallest absolute Gasteiger partial charge is 0.432 e. The maximum absolute atomic E-state index is 13.5. The van der Waals surface area contributed by atoms with E-state index in [1.54, 1.807) is 0 Å². The minimum atomic E-state index is -5.75. The van der Waals surface area contributed by atoms with Crippen LogP contribution < -0.4 is 0 Å². The number of phenolic OH excluding ortho intramolecular Hbond substituents is 1. The summed E-state index contributed by atoms with van der Waals surface area (Å²) in [4.78, 5) is 0. The molecule has 1 aromatic carbocycles. The van der Waals surface area contributed by atoms with Crippen molar-refractivity contribution in [2.75, 3.05) is 0 Å². The summed E-state index contributed by atoms with van der Waals surface area (Å²) >= 11 is 2.63. The Balaban J connectivity index is 3.39. The third-order valence-corrected chi connectivity index (χ3v) is 2.72. The molecule has 0 amide bonds. The van der Waals surface area contributed by atoms with Crippen LogP contribution in [0, 0.1) is 0 Å². The second kappa shape index (κ2) is 4.40. The predicted molar refractivity (Wildman–Crippen MR) is 50.7 cm³/mol. The number of hydrogen-bond acceptors (Lipinski definition) is 1. The quantitative estimate of drug-likeness (QED) is 0.811. The minimum Gasteiger partial charge on any atom is -0.507 e. The fourth-order valence-corrected chi connectivity index (χ4v) is 1.53. The van der Waals surface area contributed by atoms with Gasteiger partial charge in [0.25, 0.3) is 12.1 Å². The molecule has 8 heteroatoms. The second-order valence-corrected chi connectivity index (χ2v) is 4.03. The Labute approximate surface area is 100 Å². The summed E-state index contributed by atoms with van der Waals surface area (Å²) in [5.74, 6) is -0.479. The molecule has 17 heavy (non-hydrogen) atoms. The molecule has 0 saturated carbocycles. The van der Waals surface area contributed by atoms with Crippen molar-refractivity contribution in [3.8, 4) is 5.75 Å². The highest BCUT2D eigenvalue weighted by Crippen LogP contribution is 2.47. The molecule has 1 nitrogen and oxygen atoms in total. The fraction of sp³-hybridized carbons (Fsp3) is 0.333. The molecule has 1 N–H and O–H groups in total. The zero-order chi connectivity index (χ0) is 13.4. The average molecular weight is 323 g/mol. The van der Waals surface area contributed by atoms with Gasteiger partial charge in [0.2, 0.25) is 0 Å². The highest BCUT2D eigenvalue weighted by molar-refractivity contribution is 9.10. The largest absolute Gasteiger partial charge is 0.507 e. The molecule has 0 saturated heterocycles. The van der Waals surface area contributed by atoms with Crippen LogP contribution in [0.1, 0.15) is 5.56 Å². The third kappa shape index (κ3) is 2.36. The first-order valence-electron chi connectivity index (χ1n) is 4.13. The van der Waals surface area contributed by atoms with Gasteiger partial charge in [-0.3, -0.25) is 0 Å². The van der Waals surface area contributed by atoms with Crippen molar-refractivity contribution in [1.29, 1.82) is 0 Å². The van der Waals surface area contributed by atoms with Crippen molar-refractivity contribution in [2.24, 2.45) is 0 Å². The van der Waals surface area contributed by atoms with E-state index < -0.39 is 29.6 Å². The van der Waals surface area contributed by atoms with Crippen LogP contribution in [0.5, 0.6) is 5.75 Å². The van der Waals surface area contributed by atoms with Gasteiger partial charge in [0.15, 0.2) is 0 Å². The summed E-state index contributed by atoms with van der Waals surface area (Å²) in [5.41, 5.74) is -6.03. The lowest BCUT2D eigenvalue weighted by atomic mass is 9.95. The van der Waals surface area contributed by atoms with E-state index in [2.05, 4.69) is 15.9 Å². The molecule has 1 atom stereocenters. The van der Waals surface area contributed by atoms with E-state index >= 15 is 0 Å². The fourth-order valence-electron chi connectivity index (χ4n) is 1.15. The summed E-state index contributed by atoms with van der Waals surface area (Å²) in [6.07, 6.45) is -10.0. The predicted octanol–water partition coefficient (Wildman–Crippen LogP) is 4.15. The van der Waals surface area contributed by atoms with Crippen LogP contribution in [-0.4, -0.2) is 17.7 Å². The van der Waals surface area contributed by atoms with Crippen molar-refractivity contribution in [2.45, 2.75) is 18.3 Å². The van der Waals surface area contributed by atoms with E-state index in [1.807, 2.05) is 0 Å². The maximum atomic E-state index is 13.5. The number of benzene rings is 1. The van der Waals surface area contributed by atoms with Gasteiger partial charge in [0.05, 0.1) is 4.47 Å². The molecule has 0 bridgehead atoms. The molecule has 0 heterocycles. The van der Waals surface area contributed by atoms with Crippen LogP contribution in [0.15, 0.2) is 22.7 Å². The van der Waals surface area contributed by atoms with Gasteiger partial charge in [0, 0.05) is 5.56 Å². The molecule has 0 fully saturated rings. The minimum absolute atomic E-state index is 0.304. The van der Waals surface area contributed by atoms with E-state index in [0.29, 0.717) is 18.2 Å². The lowest BCUT2D eigenvalue weighted by molar-refractivity contribution is -0.274. The number of halogens is 7. The Morgan fingerprint density at radius 3 is 2.00 bits per heavy atom. The van der Waals surface area contributed by atoms with Crippen LogP contribution in [0.2, 0.25) is 0 Å². The van der Waals surface area contributed by atoms with Crippen LogP contribution >= 0.6 is 15.9 Å². The van der Waals surface area contributed by atoms with Gasteiger partial charge in [-0.2, -0.15) is 13.2 Å². The highest BCUT2D eigenvalue weighted by Gasteiger charge is 2.64. The summed E-state index contributed by atoms with van der Waals surface area (Å²) in [6.45, 7) is 0. The second-order valence-electron chi connectivity index (χ2n) is 3.18. The molecule has 96 valence electrons. The molecule has 0 spiro atoms. The van der Waals surface area contributed by atoms with Gasteiger partial charge >= 0.3 is 6.18 Å². The van der Waals surface area contributed by atoms with E-state index in [-0.39, 0.29) is 4.47 Å². The molecular formula is C9H5BrF6O. The molecule has 0 radical (unpaired) electrons. The summed E-state index contributed by atoms with van der Waals surface area (Å²) in [5, 5.41) is 9.01. The molecule has 0 aliphatic carbocycles. The van der Waals surface area contributed by atoms with Crippen molar-refractivity contribution >= 4 is 15.9 Å². The van der Waals surface area contributed by atoms with Crippen LogP contribution in [0.25, 0.3) is 0 Å². The molecular weight excluding hydrogens is 318 g/mol. The van der Waals surface area contributed by atoms with Gasteiger partial charge < -0.3 is 5.11 Å². The highest BCUT2D eigenvalue weighted by atomic mass is 79.9. The van der Waals surface area contributed by atoms with Gasteiger partial charge in [0.1, 0.15) is 5.75 Å². The van der Waals surface area contributed by atoms with Crippen molar-refractivity contribution in [1.82, 2.24) is 0 Å². The zero-order valence-corrected chi connectivity index (χ0v) is 9.49. The van der Waals surface area contributed by atoms with Gasteiger partial charge in [-0.05, 0) is 28.1 Å². The molecule has 1 rings (SSSR count). The summed E-state index contributed by atoms with van der Waals surface area (Å²) in [7, 11) is 0. The first-order valence-corrected chi connectivity index (χ1v) is 4.92. The normalized spacial score (nSPS) is 16.0. The van der Waals surface area contributed by atoms with E-state index in [0.717, 1.165) is 0 Å². The molecule has 1 unspecified atom stereocenters. The van der Waals surface area contributed by atoms with Crippen LogP contribution in [0.3, 0.4) is 0 Å². The van der Waals surface area contributed by atoms with Crippen LogP contribution in [0.4, 0.5) is 26.3 Å².